The van der Waals surface area contributed by atoms with Crippen molar-refractivity contribution in [1.82, 2.24) is 10.0 Å². The molecule has 146 valence electrons. The summed E-state index contributed by atoms with van der Waals surface area (Å²) in [6, 6.07) is 12.0. The lowest BCUT2D eigenvalue weighted by atomic mass is 10.1. The topological polar surface area (TPSA) is 75.3 Å². The molecule has 0 aliphatic rings. The molecule has 0 aliphatic carbocycles. The van der Waals surface area contributed by atoms with E-state index in [1.54, 1.807) is 12.1 Å². The molecule has 0 saturated carbocycles. The highest BCUT2D eigenvalue weighted by atomic mass is 32.2. The number of nitrogens with one attached hydrogen (secondary N) is 2. The molecule has 0 radical (unpaired) electrons. The molecule has 2 N–H and O–H groups in total. The fourth-order valence-electron chi connectivity index (χ4n) is 2.52. The third-order valence-electron chi connectivity index (χ3n) is 4.11. The molecule has 0 heterocycles. The Labute approximate surface area is 160 Å². The van der Waals surface area contributed by atoms with Crippen LogP contribution in [0.2, 0.25) is 0 Å². The molecule has 2 aromatic rings. The van der Waals surface area contributed by atoms with Gasteiger partial charge < -0.3 is 5.32 Å². The van der Waals surface area contributed by atoms with Crippen LogP contribution in [0.3, 0.4) is 0 Å². The zero-order valence-corrected chi connectivity index (χ0v) is 16.2. The van der Waals surface area contributed by atoms with E-state index in [1.807, 2.05) is 0 Å². The van der Waals surface area contributed by atoms with Crippen LogP contribution >= 0.6 is 0 Å². The number of halogens is 1. The van der Waals surface area contributed by atoms with Gasteiger partial charge in [0.2, 0.25) is 10.0 Å². The molecule has 27 heavy (non-hydrogen) atoms. The van der Waals surface area contributed by atoms with E-state index in [1.165, 1.54) is 36.4 Å². The van der Waals surface area contributed by atoms with Crippen LogP contribution in [0, 0.1) is 5.82 Å². The van der Waals surface area contributed by atoms with E-state index < -0.39 is 10.0 Å². The van der Waals surface area contributed by atoms with Crippen LogP contribution in [0.1, 0.15) is 42.1 Å². The molecule has 0 aliphatic heterocycles. The minimum atomic E-state index is -3.55. The summed E-state index contributed by atoms with van der Waals surface area (Å²) in [5.74, 6) is -0.574. The zero-order valence-electron chi connectivity index (χ0n) is 15.4. The van der Waals surface area contributed by atoms with Crippen molar-refractivity contribution in [2.75, 3.05) is 13.1 Å². The van der Waals surface area contributed by atoms with Gasteiger partial charge >= 0.3 is 0 Å². The molecule has 0 saturated heterocycles. The quantitative estimate of drug-likeness (QED) is 0.610. The van der Waals surface area contributed by atoms with E-state index in [2.05, 4.69) is 17.0 Å². The van der Waals surface area contributed by atoms with Crippen molar-refractivity contribution in [3.63, 3.8) is 0 Å². The van der Waals surface area contributed by atoms with Crippen LogP contribution in [-0.2, 0) is 16.4 Å². The highest BCUT2D eigenvalue weighted by molar-refractivity contribution is 7.89. The monoisotopic (exact) mass is 392 g/mol. The summed E-state index contributed by atoms with van der Waals surface area (Å²) in [4.78, 5) is 12.3. The zero-order chi connectivity index (χ0) is 19.7. The molecule has 5 nitrogen and oxygen atoms in total. The summed E-state index contributed by atoms with van der Waals surface area (Å²) < 4.78 is 39.8. The van der Waals surface area contributed by atoms with E-state index in [-0.39, 0.29) is 16.6 Å². The number of sulfonamides is 1. The number of carbonyl (C=O) groups is 1. The van der Waals surface area contributed by atoms with Gasteiger partial charge in [-0.3, -0.25) is 4.79 Å². The molecular weight excluding hydrogens is 367 g/mol. The third-order valence-corrected chi connectivity index (χ3v) is 5.59. The van der Waals surface area contributed by atoms with Crippen LogP contribution in [0.25, 0.3) is 0 Å². The number of hydrogen-bond acceptors (Lipinski definition) is 3. The number of benzene rings is 2. The number of hydrogen-bond donors (Lipinski definition) is 2. The smallest absolute Gasteiger partial charge is 0.251 e. The summed E-state index contributed by atoms with van der Waals surface area (Å²) >= 11 is 0. The lowest BCUT2D eigenvalue weighted by molar-refractivity contribution is 0.0954. The summed E-state index contributed by atoms with van der Waals surface area (Å²) in [5.41, 5.74) is 1.31. The van der Waals surface area contributed by atoms with E-state index in [0.29, 0.717) is 25.1 Å². The first kappa shape index (κ1) is 21.1. The van der Waals surface area contributed by atoms with E-state index in [4.69, 9.17) is 0 Å². The maximum Gasteiger partial charge on any atom is 0.251 e. The van der Waals surface area contributed by atoms with Crippen LogP contribution in [-0.4, -0.2) is 27.4 Å². The molecule has 0 fully saturated rings. The Kier molecular flexibility index (Phi) is 7.94. The van der Waals surface area contributed by atoms with Crippen molar-refractivity contribution >= 4 is 15.9 Å². The fourth-order valence-corrected chi connectivity index (χ4v) is 3.60. The van der Waals surface area contributed by atoms with Crippen LogP contribution in [0.5, 0.6) is 0 Å². The minimum Gasteiger partial charge on any atom is -0.352 e. The summed E-state index contributed by atoms with van der Waals surface area (Å²) in [7, 11) is -3.55. The highest BCUT2D eigenvalue weighted by Crippen LogP contribution is 2.11. The van der Waals surface area contributed by atoms with E-state index in [0.717, 1.165) is 24.8 Å². The highest BCUT2D eigenvalue weighted by Gasteiger charge is 2.14. The second kappa shape index (κ2) is 10.2. The van der Waals surface area contributed by atoms with Crippen LogP contribution < -0.4 is 10.0 Å². The standard InChI is InChI=1S/C20H25FN2O3S/c1-2-3-4-14-23-27(25,26)19-11-7-17(8-12-19)20(24)22-15-13-16-5-9-18(21)10-6-16/h5-12,23H,2-4,13-15H2,1H3,(H,22,24). The molecule has 2 rings (SSSR count). The lowest BCUT2D eigenvalue weighted by Crippen LogP contribution is -2.26. The van der Waals surface area contributed by atoms with Gasteiger partial charge in [0, 0.05) is 18.7 Å². The lowest BCUT2D eigenvalue weighted by Gasteiger charge is -2.08. The van der Waals surface area contributed by atoms with Gasteiger partial charge in [0.15, 0.2) is 0 Å². The summed E-state index contributed by atoms with van der Waals surface area (Å²) in [5, 5.41) is 2.77. The summed E-state index contributed by atoms with van der Waals surface area (Å²) in [6.07, 6.45) is 3.37. The first-order chi connectivity index (χ1) is 12.9. The van der Waals surface area contributed by atoms with Crippen LogP contribution in [0.15, 0.2) is 53.4 Å². The van der Waals surface area contributed by atoms with Crippen molar-refractivity contribution in [2.24, 2.45) is 0 Å². The first-order valence-electron chi connectivity index (χ1n) is 9.05. The van der Waals surface area contributed by atoms with Crippen molar-refractivity contribution in [1.29, 1.82) is 0 Å². The number of carbonyl (C=O) groups excluding carboxylic acids is 1. The normalized spacial score (nSPS) is 11.3. The second-order valence-electron chi connectivity index (χ2n) is 6.26. The average molecular weight is 392 g/mol. The minimum absolute atomic E-state index is 0.141. The predicted octanol–water partition coefficient (Wildman–Crippen LogP) is 3.27. The fraction of sp³-hybridized carbons (Fsp3) is 0.350. The average Bonchev–Trinajstić information content (AvgIpc) is 2.67. The van der Waals surface area contributed by atoms with Gasteiger partial charge in [0.25, 0.3) is 5.91 Å². The predicted molar refractivity (Wildman–Crippen MR) is 104 cm³/mol. The Hall–Kier alpha value is -2.25. The number of amides is 1. The molecule has 0 atom stereocenters. The molecule has 2 aromatic carbocycles. The van der Waals surface area contributed by atoms with Crippen LogP contribution in [0.4, 0.5) is 4.39 Å². The Morgan fingerprint density at radius 1 is 0.963 bits per heavy atom. The Bertz CT molecular complexity index is 835. The Morgan fingerprint density at radius 3 is 2.26 bits per heavy atom. The molecule has 0 bridgehead atoms. The SMILES string of the molecule is CCCCCNS(=O)(=O)c1ccc(C(=O)NCCc2ccc(F)cc2)cc1. The van der Waals surface area contributed by atoms with Crippen molar-refractivity contribution in [3.05, 3.63) is 65.5 Å². The van der Waals surface area contributed by atoms with Gasteiger partial charge in [-0.15, -0.1) is 0 Å². The molecular formula is C20H25FN2O3S. The number of rotatable bonds is 10. The van der Waals surface area contributed by atoms with Crippen molar-refractivity contribution < 1.29 is 17.6 Å². The van der Waals surface area contributed by atoms with Gasteiger partial charge in [-0.2, -0.15) is 0 Å². The first-order valence-corrected chi connectivity index (χ1v) is 10.5. The maximum absolute atomic E-state index is 12.9. The van der Waals surface area contributed by atoms with Gasteiger partial charge in [0.1, 0.15) is 5.82 Å². The largest absolute Gasteiger partial charge is 0.352 e. The van der Waals surface area contributed by atoms with Gasteiger partial charge in [0.05, 0.1) is 4.90 Å². The second-order valence-corrected chi connectivity index (χ2v) is 8.03. The summed E-state index contributed by atoms with van der Waals surface area (Å²) in [6.45, 7) is 2.86. The van der Waals surface area contributed by atoms with Gasteiger partial charge in [-0.1, -0.05) is 31.9 Å². The van der Waals surface area contributed by atoms with Gasteiger partial charge in [-0.05, 0) is 54.8 Å². The molecule has 1 amide bonds. The number of unbranched alkanes of at least 4 members (excludes halogenated alkanes) is 2. The van der Waals surface area contributed by atoms with Gasteiger partial charge in [-0.25, -0.2) is 17.5 Å². The molecule has 0 aromatic heterocycles. The Morgan fingerprint density at radius 2 is 1.63 bits per heavy atom. The molecule has 0 unspecified atom stereocenters. The third kappa shape index (κ3) is 6.77. The van der Waals surface area contributed by atoms with Crippen molar-refractivity contribution in [2.45, 2.75) is 37.5 Å². The van der Waals surface area contributed by atoms with E-state index >= 15 is 0 Å². The van der Waals surface area contributed by atoms with Crippen molar-refractivity contribution in [3.8, 4) is 0 Å². The van der Waals surface area contributed by atoms with E-state index in [9.17, 15) is 17.6 Å². The Balaban J connectivity index is 1.86. The molecule has 7 heteroatoms. The maximum atomic E-state index is 12.9. The molecule has 0 spiro atoms.